The molecular formula is C23H31FN4O2. The summed E-state index contributed by atoms with van der Waals surface area (Å²) in [4.78, 5) is 21.2. The van der Waals surface area contributed by atoms with Gasteiger partial charge in [0.15, 0.2) is 0 Å². The van der Waals surface area contributed by atoms with Crippen LogP contribution in [0.2, 0.25) is 0 Å². The quantitative estimate of drug-likeness (QED) is 0.691. The fourth-order valence-corrected chi connectivity index (χ4v) is 4.43. The summed E-state index contributed by atoms with van der Waals surface area (Å²) in [6, 6.07) is 5.24. The number of piperazine rings is 1. The summed E-state index contributed by atoms with van der Waals surface area (Å²) >= 11 is 0. The summed E-state index contributed by atoms with van der Waals surface area (Å²) in [6.07, 6.45) is 7.34. The normalized spacial score (nSPS) is 18.6. The molecule has 0 radical (unpaired) electrons. The number of nitrogens with zero attached hydrogens (tertiary/aromatic N) is 3. The van der Waals surface area contributed by atoms with E-state index >= 15 is 0 Å². The van der Waals surface area contributed by atoms with Crippen LogP contribution >= 0.6 is 0 Å². The van der Waals surface area contributed by atoms with E-state index in [1.165, 1.54) is 18.9 Å². The molecule has 30 heavy (non-hydrogen) atoms. The van der Waals surface area contributed by atoms with Gasteiger partial charge in [0.25, 0.3) is 0 Å². The highest BCUT2D eigenvalue weighted by Gasteiger charge is 2.40. The molecule has 1 saturated heterocycles. The Morgan fingerprint density at radius 3 is 2.53 bits per heavy atom. The van der Waals surface area contributed by atoms with E-state index in [9.17, 15) is 9.18 Å². The van der Waals surface area contributed by atoms with Crippen LogP contribution in [0, 0.1) is 17.7 Å². The zero-order valence-corrected chi connectivity index (χ0v) is 17.8. The molecule has 0 spiro atoms. The van der Waals surface area contributed by atoms with Gasteiger partial charge in [-0.15, -0.1) is 0 Å². The lowest BCUT2D eigenvalue weighted by molar-refractivity contribution is -0.120. The molecule has 2 aliphatic rings. The lowest BCUT2D eigenvalue weighted by atomic mass is 10.0. The highest BCUT2D eigenvalue weighted by atomic mass is 19.1. The second-order valence-electron chi connectivity index (χ2n) is 8.34. The Morgan fingerprint density at radius 2 is 1.97 bits per heavy atom. The second-order valence-corrected chi connectivity index (χ2v) is 8.34. The van der Waals surface area contributed by atoms with Crippen molar-refractivity contribution in [1.29, 1.82) is 0 Å². The van der Waals surface area contributed by atoms with Crippen LogP contribution in [0.3, 0.4) is 0 Å². The number of nitrogens with one attached hydrogen (secondary N) is 1. The average Bonchev–Trinajstić information content (AvgIpc) is 3.43. The van der Waals surface area contributed by atoms with Crippen LogP contribution < -0.4 is 10.2 Å². The Balaban J connectivity index is 1.38. The first-order chi connectivity index (χ1) is 14.6. The number of halogens is 1. The average molecular weight is 415 g/mol. The highest BCUT2D eigenvalue weighted by molar-refractivity contribution is 5.92. The van der Waals surface area contributed by atoms with Crippen molar-refractivity contribution in [2.75, 3.05) is 36.4 Å². The monoisotopic (exact) mass is 414 g/mol. The Morgan fingerprint density at radius 1 is 1.23 bits per heavy atom. The molecule has 6 nitrogen and oxygen atoms in total. The highest BCUT2D eigenvalue weighted by Crippen LogP contribution is 2.44. The van der Waals surface area contributed by atoms with Crippen LogP contribution in [0.25, 0.3) is 0 Å². The number of carbonyl (C=O) groups is 1. The lowest BCUT2D eigenvalue weighted by Gasteiger charge is -2.39. The molecule has 2 fully saturated rings. The summed E-state index contributed by atoms with van der Waals surface area (Å²) in [5.74, 6) is 1.04. The van der Waals surface area contributed by atoms with E-state index in [1.807, 2.05) is 13.8 Å². The van der Waals surface area contributed by atoms with E-state index < -0.39 is 0 Å². The molecule has 1 amide bonds. The number of carbonyl (C=O) groups excluding carboxylic acids is 1. The molecule has 1 aromatic heterocycles. The minimum atomic E-state index is -0.294. The number of hydrogen-bond acceptors (Lipinski definition) is 5. The zero-order chi connectivity index (χ0) is 21.1. The SMILES string of the molecule is CCC(CC)C(=O)Nc1ccc(N2CCN(C(c3ncco3)C3CC3)CC2)c(F)c1. The predicted octanol–water partition coefficient (Wildman–Crippen LogP) is 4.46. The third-order valence-electron chi connectivity index (χ3n) is 6.39. The summed E-state index contributed by atoms with van der Waals surface area (Å²) in [6.45, 7) is 7.17. The maximum atomic E-state index is 14.8. The van der Waals surface area contributed by atoms with E-state index in [-0.39, 0.29) is 23.7 Å². The van der Waals surface area contributed by atoms with Gasteiger partial charge in [-0.25, -0.2) is 9.37 Å². The van der Waals surface area contributed by atoms with E-state index in [0.29, 0.717) is 17.3 Å². The summed E-state index contributed by atoms with van der Waals surface area (Å²) in [7, 11) is 0. The summed E-state index contributed by atoms with van der Waals surface area (Å²) in [5, 5.41) is 2.85. The number of oxazole rings is 1. The van der Waals surface area contributed by atoms with Crippen molar-refractivity contribution in [2.24, 2.45) is 11.8 Å². The number of rotatable bonds is 8. The molecule has 2 aromatic rings. The van der Waals surface area contributed by atoms with Crippen LogP contribution in [-0.2, 0) is 4.79 Å². The van der Waals surface area contributed by atoms with Gasteiger partial charge in [0, 0.05) is 37.8 Å². The van der Waals surface area contributed by atoms with Crippen molar-refractivity contribution in [3.05, 3.63) is 42.4 Å². The Bertz CT molecular complexity index is 841. The van der Waals surface area contributed by atoms with Gasteiger partial charge in [0.05, 0.1) is 17.9 Å². The van der Waals surface area contributed by atoms with Gasteiger partial charge in [-0.05, 0) is 49.8 Å². The molecule has 4 rings (SSSR count). The fraction of sp³-hybridized carbons (Fsp3) is 0.565. The Kier molecular flexibility index (Phi) is 6.37. The number of aromatic nitrogens is 1. The second kappa shape index (κ2) is 9.16. The molecule has 1 unspecified atom stereocenters. The Hall–Kier alpha value is -2.41. The van der Waals surface area contributed by atoms with Gasteiger partial charge in [0.1, 0.15) is 12.1 Å². The molecule has 1 aliphatic carbocycles. The minimum absolute atomic E-state index is 0.0381. The minimum Gasteiger partial charge on any atom is -0.447 e. The maximum Gasteiger partial charge on any atom is 0.227 e. The van der Waals surface area contributed by atoms with Crippen LogP contribution in [0.1, 0.15) is 51.5 Å². The largest absolute Gasteiger partial charge is 0.447 e. The number of amides is 1. The first-order valence-electron chi connectivity index (χ1n) is 11.1. The van der Waals surface area contributed by atoms with Gasteiger partial charge in [-0.2, -0.15) is 0 Å². The lowest BCUT2D eigenvalue weighted by Crippen LogP contribution is -2.48. The van der Waals surface area contributed by atoms with Crippen LogP contribution in [0.4, 0.5) is 15.8 Å². The van der Waals surface area contributed by atoms with Crippen LogP contribution in [-0.4, -0.2) is 42.0 Å². The predicted molar refractivity (Wildman–Crippen MR) is 115 cm³/mol. The number of anilines is 2. The van der Waals surface area contributed by atoms with Crippen molar-refractivity contribution < 1.29 is 13.6 Å². The van der Waals surface area contributed by atoms with E-state index in [0.717, 1.165) is 44.9 Å². The van der Waals surface area contributed by atoms with Crippen molar-refractivity contribution >= 4 is 17.3 Å². The van der Waals surface area contributed by atoms with Crippen molar-refractivity contribution in [3.8, 4) is 0 Å². The van der Waals surface area contributed by atoms with Gasteiger partial charge in [-0.1, -0.05) is 13.8 Å². The van der Waals surface area contributed by atoms with Crippen molar-refractivity contribution in [2.45, 2.75) is 45.6 Å². The molecule has 1 saturated carbocycles. The molecule has 7 heteroatoms. The topological polar surface area (TPSA) is 61.6 Å². The van der Waals surface area contributed by atoms with E-state index in [2.05, 4.69) is 20.1 Å². The molecule has 1 atom stereocenters. The first-order valence-corrected chi connectivity index (χ1v) is 11.1. The molecular weight excluding hydrogens is 383 g/mol. The third kappa shape index (κ3) is 4.51. The Labute approximate surface area is 177 Å². The van der Waals surface area contributed by atoms with Crippen LogP contribution in [0.15, 0.2) is 35.1 Å². The van der Waals surface area contributed by atoms with Gasteiger partial charge in [-0.3, -0.25) is 9.69 Å². The van der Waals surface area contributed by atoms with E-state index in [4.69, 9.17) is 4.42 Å². The molecule has 162 valence electrons. The van der Waals surface area contributed by atoms with Gasteiger partial charge < -0.3 is 14.6 Å². The third-order valence-corrected chi connectivity index (χ3v) is 6.39. The van der Waals surface area contributed by atoms with Crippen molar-refractivity contribution in [1.82, 2.24) is 9.88 Å². The molecule has 1 aromatic carbocycles. The zero-order valence-electron chi connectivity index (χ0n) is 17.8. The fourth-order valence-electron chi connectivity index (χ4n) is 4.43. The number of benzene rings is 1. The molecule has 1 aliphatic heterocycles. The molecule has 0 bridgehead atoms. The molecule has 2 heterocycles. The maximum absolute atomic E-state index is 14.8. The van der Waals surface area contributed by atoms with E-state index in [1.54, 1.807) is 24.6 Å². The number of hydrogen-bond donors (Lipinski definition) is 1. The standard InChI is InChI=1S/C23H31FN4O2/c1-3-16(4-2)22(29)26-18-7-8-20(19(24)15-18)27-10-12-28(13-11-27)21(17-5-6-17)23-25-9-14-30-23/h7-9,14-17,21H,3-6,10-13H2,1-2H3,(H,26,29). The van der Waals surface area contributed by atoms with Gasteiger partial charge in [0.2, 0.25) is 11.8 Å². The summed E-state index contributed by atoms with van der Waals surface area (Å²) in [5.41, 5.74) is 1.11. The van der Waals surface area contributed by atoms with Crippen LogP contribution in [0.5, 0.6) is 0 Å². The summed E-state index contributed by atoms with van der Waals surface area (Å²) < 4.78 is 20.4. The first kappa shape index (κ1) is 20.8. The molecule has 1 N–H and O–H groups in total. The van der Waals surface area contributed by atoms with Crippen molar-refractivity contribution in [3.63, 3.8) is 0 Å². The smallest absolute Gasteiger partial charge is 0.227 e. The van der Waals surface area contributed by atoms with Gasteiger partial charge >= 0.3 is 0 Å².